The number of hydrogen-bond acceptors (Lipinski definition) is 5. The third-order valence-electron chi connectivity index (χ3n) is 5.83. The topological polar surface area (TPSA) is 108 Å². The highest BCUT2D eigenvalue weighted by Gasteiger charge is 2.32. The minimum atomic E-state index is -1.01. The molecule has 0 saturated carbocycles. The number of rotatable bonds is 11. The molecule has 0 aliphatic carbocycles. The Morgan fingerprint density at radius 1 is 1.00 bits per heavy atom. The van der Waals surface area contributed by atoms with Gasteiger partial charge in [-0.15, -0.1) is 0 Å². The average Bonchev–Trinajstić information content (AvgIpc) is 2.80. The number of carbonyl (C=O) groups is 3. The second kappa shape index (κ2) is 13.7. The Morgan fingerprint density at radius 2 is 1.65 bits per heavy atom. The summed E-state index contributed by atoms with van der Waals surface area (Å²) in [5.74, 6) is -0.830. The quantitative estimate of drug-likeness (QED) is 0.339. The van der Waals surface area contributed by atoms with Crippen LogP contribution in [-0.2, 0) is 14.3 Å². The largest absolute Gasteiger partial charge is 0.508 e. The highest BCUT2D eigenvalue weighted by Crippen LogP contribution is 2.28. The van der Waals surface area contributed by atoms with Crippen LogP contribution < -0.4 is 10.6 Å². The molecule has 1 atom stereocenters. The molecular formula is C29H41N3O5. The summed E-state index contributed by atoms with van der Waals surface area (Å²) in [6.45, 7) is 11.1. The normalized spacial score (nSPS) is 11.9. The lowest BCUT2D eigenvalue weighted by atomic mass is 10.0. The van der Waals surface area contributed by atoms with Crippen molar-refractivity contribution in [2.75, 3.05) is 18.4 Å². The molecule has 2 rings (SSSR count). The summed E-state index contributed by atoms with van der Waals surface area (Å²) >= 11 is 0. The number of para-hydroxylation sites is 1. The number of alkyl carbamates (subject to hydrolysis) is 1. The summed E-state index contributed by atoms with van der Waals surface area (Å²) in [5, 5.41) is 15.7. The number of phenolic OH excluding ortho intramolecular Hbond substituents is 1. The monoisotopic (exact) mass is 511 g/mol. The minimum absolute atomic E-state index is 0.00682. The van der Waals surface area contributed by atoms with Crippen molar-refractivity contribution in [1.82, 2.24) is 10.2 Å². The van der Waals surface area contributed by atoms with Crippen LogP contribution in [0.2, 0.25) is 0 Å². The third-order valence-corrected chi connectivity index (χ3v) is 5.83. The summed E-state index contributed by atoms with van der Waals surface area (Å²) < 4.78 is 5.26. The molecule has 0 aliphatic rings. The third kappa shape index (κ3) is 9.44. The van der Waals surface area contributed by atoms with Crippen molar-refractivity contribution in [1.29, 1.82) is 0 Å². The zero-order valence-corrected chi connectivity index (χ0v) is 22.9. The number of nitrogens with one attached hydrogen (secondary N) is 2. The number of aryl methyl sites for hydroxylation is 2. The highest BCUT2D eigenvalue weighted by atomic mass is 16.6. The van der Waals surface area contributed by atoms with E-state index in [0.717, 1.165) is 30.4 Å². The van der Waals surface area contributed by atoms with Crippen molar-refractivity contribution in [3.05, 3.63) is 59.2 Å². The smallest absolute Gasteiger partial charge is 0.408 e. The van der Waals surface area contributed by atoms with Crippen molar-refractivity contribution in [3.8, 4) is 5.75 Å². The van der Waals surface area contributed by atoms with Crippen LogP contribution in [0.5, 0.6) is 5.75 Å². The number of carbonyl (C=O) groups excluding carboxylic acids is 3. The predicted molar refractivity (Wildman–Crippen MR) is 145 cm³/mol. The van der Waals surface area contributed by atoms with Gasteiger partial charge in [0.15, 0.2) is 0 Å². The van der Waals surface area contributed by atoms with Gasteiger partial charge in [0.05, 0.1) is 0 Å². The van der Waals surface area contributed by atoms with Gasteiger partial charge in [-0.3, -0.25) is 9.59 Å². The number of nitrogens with zero attached hydrogens (tertiary/aromatic N) is 1. The summed E-state index contributed by atoms with van der Waals surface area (Å²) in [6, 6.07) is 11.1. The first-order valence-electron chi connectivity index (χ1n) is 12.8. The lowest BCUT2D eigenvalue weighted by molar-refractivity contribution is -0.138. The first kappa shape index (κ1) is 29.7. The molecule has 0 bridgehead atoms. The summed E-state index contributed by atoms with van der Waals surface area (Å²) in [4.78, 5) is 41.0. The van der Waals surface area contributed by atoms with E-state index in [1.807, 2.05) is 32.0 Å². The molecule has 0 spiro atoms. The number of hydrogen-bond donors (Lipinski definition) is 3. The Morgan fingerprint density at radius 3 is 2.24 bits per heavy atom. The summed E-state index contributed by atoms with van der Waals surface area (Å²) in [7, 11) is 0. The first-order chi connectivity index (χ1) is 17.4. The zero-order valence-electron chi connectivity index (χ0n) is 22.9. The van der Waals surface area contributed by atoms with Crippen molar-refractivity contribution >= 4 is 23.6 Å². The Kier molecular flexibility index (Phi) is 11.0. The second-order valence-corrected chi connectivity index (χ2v) is 10.3. The molecule has 0 fully saturated rings. The molecule has 8 heteroatoms. The standard InChI is InChI=1S/C29H41N3O5/c1-7-8-9-10-17-32(24(34)19-30-28(36)37-29(4,5)6)26(22-15-12-16-23(33)18-22)27(35)31-25-20(2)13-11-14-21(25)3/h11-16,18,26,33H,7-10,17,19H2,1-6H3,(H,30,36)(H,31,35). The lowest BCUT2D eigenvalue weighted by Gasteiger charge is -2.32. The van der Waals surface area contributed by atoms with Gasteiger partial charge in [0.25, 0.3) is 5.91 Å². The molecule has 3 N–H and O–H groups in total. The van der Waals surface area contributed by atoms with Gasteiger partial charge in [-0.05, 0) is 69.9 Å². The number of benzene rings is 2. The van der Waals surface area contributed by atoms with Crippen LogP contribution in [0.15, 0.2) is 42.5 Å². The van der Waals surface area contributed by atoms with Crippen LogP contribution in [-0.4, -0.2) is 46.6 Å². The summed E-state index contributed by atoms with van der Waals surface area (Å²) in [5.41, 5.74) is 2.25. The number of aromatic hydroxyl groups is 1. The maximum atomic E-state index is 13.8. The zero-order chi connectivity index (χ0) is 27.6. The molecule has 202 valence electrons. The molecule has 0 saturated heterocycles. The number of anilines is 1. The van der Waals surface area contributed by atoms with Crippen molar-refractivity contribution in [2.24, 2.45) is 0 Å². The number of phenols is 1. The fraction of sp³-hybridized carbons (Fsp3) is 0.483. The Bertz CT molecular complexity index is 1060. The van der Waals surface area contributed by atoms with E-state index < -0.39 is 29.6 Å². The lowest BCUT2D eigenvalue weighted by Crippen LogP contribution is -2.47. The van der Waals surface area contributed by atoms with Crippen LogP contribution in [0, 0.1) is 13.8 Å². The molecule has 2 aromatic carbocycles. The highest BCUT2D eigenvalue weighted by molar-refractivity contribution is 5.99. The Hall–Kier alpha value is -3.55. The van der Waals surface area contributed by atoms with Gasteiger partial charge in [-0.1, -0.05) is 56.5 Å². The van der Waals surface area contributed by atoms with E-state index in [4.69, 9.17) is 4.74 Å². The Balaban J connectivity index is 2.40. The van der Waals surface area contributed by atoms with E-state index in [9.17, 15) is 19.5 Å². The van der Waals surface area contributed by atoms with Crippen molar-refractivity contribution in [2.45, 2.75) is 78.9 Å². The molecule has 37 heavy (non-hydrogen) atoms. The molecule has 0 radical (unpaired) electrons. The summed E-state index contributed by atoms with van der Waals surface area (Å²) in [6.07, 6.45) is 2.91. The minimum Gasteiger partial charge on any atom is -0.508 e. The molecule has 0 aliphatic heterocycles. The van der Waals surface area contributed by atoms with Crippen LogP contribution in [0.1, 0.15) is 76.1 Å². The predicted octanol–water partition coefficient (Wildman–Crippen LogP) is 5.62. The van der Waals surface area contributed by atoms with Gasteiger partial charge in [0.2, 0.25) is 5.91 Å². The van der Waals surface area contributed by atoms with E-state index in [-0.39, 0.29) is 12.3 Å². The van der Waals surface area contributed by atoms with E-state index in [1.54, 1.807) is 32.9 Å². The molecule has 0 aromatic heterocycles. The fourth-order valence-electron chi connectivity index (χ4n) is 4.04. The maximum Gasteiger partial charge on any atom is 0.408 e. The Labute approximate surface area is 220 Å². The SMILES string of the molecule is CCCCCCN(C(=O)CNC(=O)OC(C)(C)C)C(C(=O)Nc1c(C)cccc1C)c1cccc(O)c1. The van der Waals surface area contributed by atoms with Gasteiger partial charge in [0, 0.05) is 12.2 Å². The molecule has 1 unspecified atom stereocenters. The van der Waals surface area contributed by atoms with Crippen molar-refractivity contribution in [3.63, 3.8) is 0 Å². The fourth-order valence-corrected chi connectivity index (χ4v) is 4.04. The molecule has 2 aromatic rings. The van der Waals surface area contributed by atoms with Gasteiger partial charge in [-0.25, -0.2) is 4.79 Å². The van der Waals surface area contributed by atoms with Crippen LogP contribution >= 0.6 is 0 Å². The molecule has 8 nitrogen and oxygen atoms in total. The number of ether oxygens (including phenoxy) is 1. The molecular weight excluding hydrogens is 470 g/mol. The van der Waals surface area contributed by atoms with E-state index in [1.165, 1.54) is 17.0 Å². The van der Waals surface area contributed by atoms with E-state index in [2.05, 4.69) is 17.6 Å². The molecule has 0 heterocycles. The number of unbranched alkanes of at least 4 members (excludes halogenated alkanes) is 3. The molecule has 3 amide bonds. The maximum absolute atomic E-state index is 13.8. The van der Waals surface area contributed by atoms with Gasteiger partial charge in [-0.2, -0.15) is 0 Å². The van der Waals surface area contributed by atoms with Gasteiger partial charge in [0.1, 0.15) is 23.9 Å². The van der Waals surface area contributed by atoms with E-state index >= 15 is 0 Å². The number of amides is 3. The first-order valence-corrected chi connectivity index (χ1v) is 12.8. The van der Waals surface area contributed by atoms with Gasteiger partial charge < -0.3 is 25.4 Å². The van der Waals surface area contributed by atoms with Crippen LogP contribution in [0.25, 0.3) is 0 Å². The average molecular weight is 512 g/mol. The van der Waals surface area contributed by atoms with Gasteiger partial charge >= 0.3 is 6.09 Å². The van der Waals surface area contributed by atoms with Crippen LogP contribution in [0.4, 0.5) is 10.5 Å². The van der Waals surface area contributed by atoms with Crippen LogP contribution in [0.3, 0.4) is 0 Å². The van der Waals surface area contributed by atoms with E-state index in [0.29, 0.717) is 24.2 Å². The van der Waals surface area contributed by atoms with Crippen molar-refractivity contribution < 1.29 is 24.2 Å². The second-order valence-electron chi connectivity index (χ2n) is 10.3.